The van der Waals surface area contributed by atoms with E-state index in [2.05, 4.69) is 10.6 Å². The molecule has 0 fully saturated rings. The first kappa shape index (κ1) is 14.7. The second-order valence-electron chi connectivity index (χ2n) is 5.21. The fraction of sp³-hybridized carbons (Fsp3) is 0.250. The van der Waals surface area contributed by atoms with E-state index in [1.807, 2.05) is 25.1 Å². The van der Waals surface area contributed by atoms with Crippen LogP contribution in [0.3, 0.4) is 0 Å². The summed E-state index contributed by atoms with van der Waals surface area (Å²) in [6, 6.07) is 9.03. The van der Waals surface area contributed by atoms with E-state index in [-0.39, 0.29) is 17.9 Å². The van der Waals surface area contributed by atoms with Crippen LogP contribution in [-0.4, -0.2) is 23.6 Å². The van der Waals surface area contributed by atoms with Crippen molar-refractivity contribution >= 4 is 29.3 Å². The fourth-order valence-electron chi connectivity index (χ4n) is 2.31. The summed E-state index contributed by atoms with van der Waals surface area (Å²) in [4.78, 5) is 24.7. The zero-order chi connectivity index (χ0) is 15.5. The van der Waals surface area contributed by atoms with Gasteiger partial charge < -0.3 is 15.1 Å². The molecule has 0 aliphatic carbocycles. The third-order valence-corrected chi connectivity index (χ3v) is 4.41. The lowest BCUT2D eigenvalue weighted by atomic mass is 10.1. The molecule has 2 heterocycles. The summed E-state index contributed by atoms with van der Waals surface area (Å²) in [5.74, 6) is 1.05. The van der Waals surface area contributed by atoms with E-state index in [1.54, 1.807) is 18.4 Å². The largest absolute Gasteiger partial charge is 0.469 e. The number of carbonyl (C=O) groups excluding carboxylic acids is 2. The van der Waals surface area contributed by atoms with Crippen molar-refractivity contribution in [1.29, 1.82) is 0 Å². The summed E-state index contributed by atoms with van der Waals surface area (Å²) in [6.45, 7) is 1.93. The number of nitrogens with one attached hydrogen (secondary N) is 2. The maximum atomic E-state index is 12.3. The molecule has 0 spiro atoms. The van der Waals surface area contributed by atoms with E-state index in [0.29, 0.717) is 23.4 Å². The molecule has 0 bridgehead atoms. The van der Waals surface area contributed by atoms with Crippen LogP contribution in [0.1, 0.15) is 23.0 Å². The Morgan fingerprint density at radius 2 is 2.32 bits per heavy atom. The van der Waals surface area contributed by atoms with Gasteiger partial charge in [-0.25, -0.2) is 0 Å². The van der Waals surface area contributed by atoms with Gasteiger partial charge in [0.05, 0.1) is 17.7 Å². The average molecular weight is 316 g/mol. The molecule has 0 saturated heterocycles. The predicted molar refractivity (Wildman–Crippen MR) is 85.1 cm³/mol. The number of rotatable bonds is 4. The Kier molecular flexibility index (Phi) is 4.20. The Hall–Kier alpha value is -2.21. The van der Waals surface area contributed by atoms with Gasteiger partial charge >= 0.3 is 0 Å². The standard InChI is InChI=1S/C16H16N2O3S/c1-10(7-12-3-2-6-21-12)17-16(20)11-4-5-14-13(8-11)18-15(19)9-22-14/h2-6,8,10H,7,9H2,1H3,(H,17,20)(H,18,19)/t10-/m1/s1. The molecule has 3 rings (SSSR count). The van der Waals surface area contributed by atoms with Gasteiger partial charge in [0.15, 0.2) is 0 Å². The highest BCUT2D eigenvalue weighted by atomic mass is 32.2. The SMILES string of the molecule is C[C@H](Cc1ccco1)NC(=O)c1ccc2c(c1)NC(=O)CS2. The van der Waals surface area contributed by atoms with E-state index < -0.39 is 0 Å². The number of benzene rings is 1. The molecule has 22 heavy (non-hydrogen) atoms. The molecular weight excluding hydrogens is 300 g/mol. The Balaban J connectivity index is 1.67. The molecule has 2 N–H and O–H groups in total. The second kappa shape index (κ2) is 6.27. The minimum atomic E-state index is -0.160. The second-order valence-corrected chi connectivity index (χ2v) is 6.22. The highest BCUT2D eigenvalue weighted by molar-refractivity contribution is 8.00. The van der Waals surface area contributed by atoms with E-state index in [4.69, 9.17) is 4.42 Å². The lowest BCUT2D eigenvalue weighted by Gasteiger charge is -2.18. The van der Waals surface area contributed by atoms with E-state index >= 15 is 0 Å². The van der Waals surface area contributed by atoms with Crippen LogP contribution >= 0.6 is 11.8 Å². The van der Waals surface area contributed by atoms with Crippen LogP contribution in [0.15, 0.2) is 45.9 Å². The lowest BCUT2D eigenvalue weighted by Crippen LogP contribution is -2.34. The zero-order valence-electron chi connectivity index (χ0n) is 12.1. The average Bonchev–Trinajstić information content (AvgIpc) is 2.99. The van der Waals surface area contributed by atoms with Crippen molar-refractivity contribution in [2.75, 3.05) is 11.1 Å². The van der Waals surface area contributed by atoms with Crippen LogP contribution in [0, 0.1) is 0 Å². The van der Waals surface area contributed by atoms with Crippen LogP contribution < -0.4 is 10.6 Å². The minimum absolute atomic E-state index is 0.0405. The predicted octanol–water partition coefficient (Wildman–Crippen LogP) is 2.68. The highest BCUT2D eigenvalue weighted by Gasteiger charge is 2.18. The molecule has 114 valence electrons. The first-order chi connectivity index (χ1) is 10.6. The molecule has 1 aromatic heterocycles. The van der Waals surface area contributed by atoms with Gasteiger partial charge in [0.1, 0.15) is 5.76 Å². The molecular formula is C16H16N2O3S. The number of hydrogen-bond donors (Lipinski definition) is 2. The summed E-state index contributed by atoms with van der Waals surface area (Å²) in [5.41, 5.74) is 1.24. The van der Waals surface area contributed by atoms with E-state index in [1.165, 1.54) is 11.8 Å². The summed E-state index contributed by atoms with van der Waals surface area (Å²) >= 11 is 1.48. The maximum Gasteiger partial charge on any atom is 0.251 e. The van der Waals surface area contributed by atoms with Gasteiger partial charge in [0.2, 0.25) is 5.91 Å². The Bertz CT molecular complexity index is 697. The first-order valence-corrected chi connectivity index (χ1v) is 8.00. The Morgan fingerprint density at radius 3 is 3.09 bits per heavy atom. The van der Waals surface area contributed by atoms with Crippen molar-refractivity contribution in [2.45, 2.75) is 24.3 Å². The maximum absolute atomic E-state index is 12.3. The Labute approximate surface area is 132 Å². The summed E-state index contributed by atoms with van der Waals surface area (Å²) in [5, 5.41) is 5.72. The quantitative estimate of drug-likeness (QED) is 0.910. The van der Waals surface area contributed by atoms with Gasteiger partial charge in [0, 0.05) is 22.9 Å². The topological polar surface area (TPSA) is 71.3 Å². The molecule has 1 aliphatic rings. The van der Waals surface area contributed by atoms with Crippen LogP contribution in [0.25, 0.3) is 0 Å². The molecule has 6 heteroatoms. The molecule has 5 nitrogen and oxygen atoms in total. The molecule has 2 amide bonds. The van der Waals surface area contributed by atoms with Gasteiger partial charge in [-0.2, -0.15) is 0 Å². The van der Waals surface area contributed by atoms with E-state index in [0.717, 1.165) is 10.7 Å². The number of fused-ring (bicyclic) bond motifs is 1. The van der Waals surface area contributed by atoms with Gasteiger partial charge in [-0.3, -0.25) is 9.59 Å². The molecule has 1 aliphatic heterocycles. The molecule has 2 aromatic rings. The molecule has 0 saturated carbocycles. The van der Waals surface area contributed by atoms with Crippen LogP contribution in [0.4, 0.5) is 5.69 Å². The fourth-order valence-corrected chi connectivity index (χ4v) is 3.10. The van der Waals surface area contributed by atoms with Crippen molar-refractivity contribution in [3.05, 3.63) is 47.9 Å². The Morgan fingerprint density at radius 1 is 1.45 bits per heavy atom. The summed E-state index contributed by atoms with van der Waals surface area (Å²) in [6.07, 6.45) is 2.25. The van der Waals surface area contributed by atoms with E-state index in [9.17, 15) is 9.59 Å². The van der Waals surface area contributed by atoms with Crippen molar-refractivity contribution in [3.63, 3.8) is 0 Å². The van der Waals surface area contributed by atoms with Gasteiger partial charge in [-0.1, -0.05) is 0 Å². The molecule has 1 aromatic carbocycles. The summed E-state index contributed by atoms with van der Waals surface area (Å²) in [7, 11) is 0. The highest BCUT2D eigenvalue weighted by Crippen LogP contribution is 2.31. The van der Waals surface area contributed by atoms with Crippen LogP contribution in [0.5, 0.6) is 0 Å². The number of hydrogen-bond acceptors (Lipinski definition) is 4. The third kappa shape index (κ3) is 3.33. The van der Waals surface area contributed by atoms with Crippen LogP contribution in [0.2, 0.25) is 0 Å². The van der Waals surface area contributed by atoms with Crippen molar-refractivity contribution in [2.24, 2.45) is 0 Å². The molecule has 0 radical (unpaired) electrons. The smallest absolute Gasteiger partial charge is 0.251 e. The van der Waals surface area contributed by atoms with Crippen molar-refractivity contribution < 1.29 is 14.0 Å². The van der Waals surface area contributed by atoms with Crippen molar-refractivity contribution in [3.8, 4) is 0 Å². The summed E-state index contributed by atoms with van der Waals surface area (Å²) < 4.78 is 5.28. The number of carbonyl (C=O) groups is 2. The first-order valence-electron chi connectivity index (χ1n) is 7.02. The number of anilines is 1. The monoisotopic (exact) mass is 316 g/mol. The van der Waals surface area contributed by atoms with Gasteiger partial charge in [0.25, 0.3) is 5.91 Å². The molecule has 0 unspecified atom stereocenters. The lowest BCUT2D eigenvalue weighted by molar-refractivity contribution is -0.113. The zero-order valence-corrected chi connectivity index (χ0v) is 12.9. The van der Waals surface area contributed by atoms with Gasteiger partial charge in [-0.05, 0) is 37.3 Å². The minimum Gasteiger partial charge on any atom is -0.469 e. The van der Waals surface area contributed by atoms with Crippen LogP contribution in [-0.2, 0) is 11.2 Å². The third-order valence-electron chi connectivity index (χ3n) is 3.34. The number of thioether (sulfide) groups is 1. The van der Waals surface area contributed by atoms with Gasteiger partial charge in [-0.15, -0.1) is 11.8 Å². The number of amides is 2. The van der Waals surface area contributed by atoms with Crippen molar-refractivity contribution in [1.82, 2.24) is 5.32 Å². The number of furan rings is 1. The normalized spacial score (nSPS) is 14.9. The molecule has 1 atom stereocenters.